The summed E-state index contributed by atoms with van der Waals surface area (Å²) < 4.78 is 61.3. The van der Waals surface area contributed by atoms with Crippen LogP contribution in [0.3, 0.4) is 0 Å². The van der Waals surface area contributed by atoms with Gasteiger partial charge < -0.3 is 34.2 Å². The van der Waals surface area contributed by atoms with Gasteiger partial charge in [0.2, 0.25) is 0 Å². The molecule has 115 heavy (non-hydrogen) atoms. The molecule has 0 fully saturated rings. The van der Waals surface area contributed by atoms with Crippen molar-refractivity contribution in [3.63, 3.8) is 0 Å². The number of carbonyl (C=O) groups excluding carboxylic acids is 3. The van der Waals surface area contributed by atoms with Gasteiger partial charge in [0.05, 0.1) is 26.4 Å². The van der Waals surface area contributed by atoms with Gasteiger partial charge in [-0.1, -0.05) is 356 Å². The lowest BCUT2D eigenvalue weighted by molar-refractivity contribution is -0.161. The minimum atomic E-state index is -4.96. The number of hydrogen-bond donors (Lipinski definition) is 4. The highest BCUT2D eigenvalue weighted by molar-refractivity contribution is 7.47. The number of aliphatic hydroxyl groups excluding tert-OH is 2. The van der Waals surface area contributed by atoms with E-state index in [1.165, 1.54) is 103 Å². The summed E-state index contributed by atoms with van der Waals surface area (Å²) in [7, 11) is -9.83. The van der Waals surface area contributed by atoms with Crippen LogP contribution in [0.15, 0.2) is 194 Å². The molecule has 5 unspecified atom stereocenters. The molecule has 654 valence electrons. The Bertz CT molecular complexity index is 2870. The van der Waals surface area contributed by atoms with Crippen molar-refractivity contribution in [2.24, 2.45) is 0 Å². The predicted molar refractivity (Wildman–Crippen MR) is 481 cm³/mol. The van der Waals surface area contributed by atoms with E-state index in [4.69, 9.17) is 32.3 Å². The molecule has 0 aromatic heterocycles. The van der Waals surface area contributed by atoms with E-state index >= 15 is 0 Å². The molecule has 0 rings (SSSR count). The van der Waals surface area contributed by atoms with Crippen LogP contribution in [0.5, 0.6) is 0 Å². The van der Waals surface area contributed by atoms with Crippen LogP contribution in [0.25, 0.3) is 0 Å². The zero-order chi connectivity index (χ0) is 83.6. The molecule has 0 aliphatic rings. The summed E-state index contributed by atoms with van der Waals surface area (Å²) in [5, 5.41) is 20.7. The minimum absolute atomic E-state index is 0.0549. The van der Waals surface area contributed by atoms with Crippen molar-refractivity contribution in [2.45, 2.75) is 360 Å². The van der Waals surface area contributed by atoms with Crippen molar-refractivity contribution in [1.29, 1.82) is 0 Å². The van der Waals surface area contributed by atoms with Crippen molar-refractivity contribution >= 4 is 33.6 Å². The largest absolute Gasteiger partial charge is 0.472 e. The van der Waals surface area contributed by atoms with Crippen molar-refractivity contribution in [3.05, 3.63) is 194 Å². The van der Waals surface area contributed by atoms with Crippen LogP contribution in [0, 0.1) is 0 Å². The van der Waals surface area contributed by atoms with Gasteiger partial charge >= 0.3 is 33.6 Å². The summed E-state index contributed by atoms with van der Waals surface area (Å²) in [6, 6.07) is 0. The molecule has 0 saturated heterocycles. The molecular formula is C97H160O16P2. The van der Waals surface area contributed by atoms with Gasteiger partial charge in [-0.25, -0.2) is 9.13 Å². The molecule has 0 aromatic carbocycles. The maximum absolute atomic E-state index is 13.0. The zero-order valence-corrected chi connectivity index (χ0v) is 73.7. The van der Waals surface area contributed by atoms with Gasteiger partial charge in [-0.2, -0.15) is 0 Å². The third-order valence-electron chi connectivity index (χ3n) is 18.3. The Morgan fingerprint density at radius 2 is 0.435 bits per heavy atom. The highest BCUT2D eigenvalue weighted by Gasteiger charge is 2.29. The van der Waals surface area contributed by atoms with E-state index in [9.17, 15) is 43.5 Å². The fourth-order valence-corrected chi connectivity index (χ4v) is 13.2. The number of rotatable bonds is 83. The molecule has 0 radical (unpaired) electrons. The number of allylic oxidation sites excluding steroid dienone is 32. The summed E-state index contributed by atoms with van der Waals surface area (Å²) in [4.78, 5) is 58.9. The van der Waals surface area contributed by atoms with Gasteiger partial charge in [0.1, 0.15) is 25.4 Å². The SMILES string of the molecule is CC/C=C\C/C=C\C/C=C\C/C=C\C/C=C\C/C=C\CCCCCCCCC(=O)OCC(COP(=O)(O)OCC(O)COP(=O)(O)OCC(O)COC(=O)CCCCCCCCCCCCCCCCCCCCC/C=C\C/C=C\C/C=C\C/C=C\C/C=C\CC)OC(=O)CCCCC/C=C\C/C=C\C/C=C\C/C=C\C/C=C\CC. The van der Waals surface area contributed by atoms with Crippen LogP contribution in [0.4, 0.5) is 0 Å². The van der Waals surface area contributed by atoms with E-state index in [0.29, 0.717) is 19.3 Å². The summed E-state index contributed by atoms with van der Waals surface area (Å²) >= 11 is 0. The number of esters is 3. The van der Waals surface area contributed by atoms with Crippen molar-refractivity contribution in [2.75, 3.05) is 39.6 Å². The summed E-state index contributed by atoms with van der Waals surface area (Å²) in [5.41, 5.74) is 0. The number of phosphoric acid groups is 2. The van der Waals surface area contributed by atoms with E-state index < -0.39 is 91.5 Å². The quantitative estimate of drug-likeness (QED) is 0.0146. The van der Waals surface area contributed by atoms with Crippen molar-refractivity contribution < 1.29 is 75.8 Å². The van der Waals surface area contributed by atoms with Crippen molar-refractivity contribution in [1.82, 2.24) is 0 Å². The van der Waals surface area contributed by atoms with Gasteiger partial charge in [0, 0.05) is 19.3 Å². The lowest BCUT2D eigenvalue weighted by atomic mass is 10.0. The lowest BCUT2D eigenvalue weighted by Gasteiger charge is -2.21. The first-order valence-electron chi connectivity index (χ1n) is 44.7. The third kappa shape index (κ3) is 89.0. The lowest BCUT2D eigenvalue weighted by Crippen LogP contribution is -2.30. The fraction of sp³-hybridized carbons (Fsp3) is 0.639. The Kier molecular flexibility index (Phi) is 83.4. The van der Waals surface area contributed by atoms with Crippen LogP contribution in [0.1, 0.15) is 342 Å². The number of ether oxygens (including phenoxy) is 3. The molecule has 4 N–H and O–H groups in total. The molecule has 16 nitrogen and oxygen atoms in total. The van der Waals surface area contributed by atoms with Crippen LogP contribution < -0.4 is 0 Å². The van der Waals surface area contributed by atoms with Gasteiger partial charge in [0.15, 0.2) is 6.10 Å². The molecule has 0 heterocycles. The van der Waals surface area contributed by atoms with Crippen molar-refractivity contribution in [3.8, 4) is 0 Å². The number of aliphatic hydroxyl groups is 2. The summed E-state index contributed by atoms with van der Waals surface area (Å²) in [6.07, 6.45) is 116. The molecule has 0 aliphatic heterocycles. The second-order valence-electron chi connectivity index (χ2n) is 29.3. The molecule has 0 aliphatic carbocycles. The third-order valence-corrected chi connectivity index (χ3v) is 20.2. The first-order valence-corrected chi connectivity index (χ1v) is 47.7. The van der Waals surface area contributed by atoms with Gasteiger partial charge in [-0.3, -0.25) is 32.5 Å². The van der Waals surface area contributed by atoms with Crippen LogP contribution in [-0.4, -0.2) is 95.9 Å². The Labute approximate surface area is 699 Å². The first kappa shape index (κ1) is 109. The second kappa shape index (κ2) is 87.7. The summed E-state index contributed by atoms with van der Waals surface area (Å²) in [6.45, 7) is 2.30. The predicted octanol–water partition coefficient (Wildman–Crippen LogP) is 27.4. The Hall–Kier alpha value is -5.61. The molecule has 0 saturated carbocycles. The Morgan fingerprint density at radius 1 is 0.243 bits per heavy atom. The zero-order valence-electron chi connectivity index (χ0n) is 71.9. The topological polar surface area (TPSA) is 231 Å². The number of phosphoric ester groups is 2. The Morgan fingerprint density at radius 3 is 0.696 bits per heavy atom. The molecular weight excluding hydrogens is 1480 g/mol. The highest BCUT2D eigenvalue weighted by Crippen LogP contribution is 2.45. The van der Waals surface area contributed by atoms with E-state index in [1.807, 2.05) is 0 Å². The number of unbranched alkanes of at least 4 members (excludes halogenated alkanes) is 28. The molecule has 0 bridgehead atoms. The minimum Gasteiger partial charge on any atom is -0.463 e. The van der Waals surface area contributed by atoms with Gasteiger partial charge in [0.25, 0.3) is 0 Å². The van der Waals surface area contributed by atoms with Gasteiger partial charge in [-0.05, 0) is 161 Å². The van der Waals surface area contributed by atoms with E-state index in [2.05, 4.69) is 215 Å². The van der Waals surface area contributed by atoms with Gasteiger partial charge in [-0.15, -0.1) is 0 Å². The number of hydrogen-bond acceptors (Lipinski definition) is 14. The van der Waals surface area contributed by atoms with E-state index in [1.54, 1.807) is 0 Å². The fourth-order valence-electron chi connectivity index (χ4n) is 11.6. The Balaban J connectivity index is 4.55. The molecule has 0 aromatic rings. The first-order chi connectivity index (χ1) is 56.2. The second-order valence-corrected chi connectivity index (χ2v) is 32.2. The monoisotopic (exact) mass is 1640 g/mol. The number of carbonyl (C=O) groups is 3. The van der Waals surface area contributed by atoms with Crippen LogP contribution >= 0.6 is 15.6 Å². The van der Waals surface area contributed by atoms with E-state index in [-0.39, 0.29) is 19.3 Å². The smallest absolute Gasteiger partial charge is 0.463 e. The molecule has 0 amide bonds. The summed E-state index contributed by atoms with van der Waals surface area (Å²) in [5.74, 6) is -1.63. The van der Waals surface area contributed by atoms with Crippen LogP contribution in [-0.2, 0) is 55.8 Å². The normalized spacial score (nSPS) is 14.7. The molecule has 18 heteroatoms. The average Bonchev–Trinajstić information content (AvgIpc) is 0.920. The van der Waals surface area contributed by atoms with Crippen LogP contribution in [0.2, 0.25) is 0 Å². The maximum Gasteiger partial charge on any atom is 0.472 e. The molecule has 5 atom stereocenters. The van der Waals surface area contributed by atoms with E-state index in [0.717, 1.165) is 180 Å². The highest BCUT2D eigenvalue weighted by atomic mass is 31.2. The maximum atomic E-state index is 13.0. The average molecular weight is 1640 g/mol. The molecule has 0 spiro atoms. The standard InChI is InChI=1S/C97H160O16P2/c1-4-7-10-13-16-19-22-25-28-31-34-36-38-40-41-42-43-44-45-46-47-48-49-51-53-54-57-59-62-65-68-71-74-77-80-83-95(100)107-86-92(98)87-109-114(103,104)110-88-93(99)89-111-115(105,106)112-91-94(113-97(102)85-82-79-76-73-70-67-64-61-56-33-30-27-24-21-18-15-12-9-6-3)90-108-96(101)84-81-78-75-72-69-66-63-60-58-55-52-50-39-37-35-32-29-26-23-20-17-14-11-8-5-2/h7-12,16-21,25-30,34-37,40-41,50,52,56,58,60-61,67,70,92-94,98-99H,4-6,13-15,22-24,31-33,38-39,42-49,51,53-55,57,59,62-66,68-69,71-91H2,1-3H3,(H,103,104)(H,105,106)/b10-7-,11-8-,12-9-,19-16-,20-17-,21-18-,28-25-,29-26-,30-27-,36-34-,37-35-,41-40-,52-50-,60-58-,61-56-,70-67-.